The van der Waals surface area contributed by atoms with Gasteiger partial charge in [0.1, 0.15) is 5.75 Å². The minimum absolute atomic E-state index is 0.151. The number of nitrogens with one attached hydrogen (secondary N) is 1. The highest BCUT2D eigenvalue weighted by atomic mass is 16.5. The van der Waals surface area contributed by atoms with Crippen LogP contribution in [0.5, 0.6) is 5.75 Å². The van der Waals surface area contributed by atoms with E-state index in [4.69, 9.17) is 10.6 Å². The summed E-state index contributed by atoms with van der Waals surface area (Å²) in [6.45, 7) is 5.82. The highest BCUT2D eigenvalue weighted by Crippen LogP contribution is 2.29. The van der Waals surface area contributed by atoms with Gasteiger partial charge in [0.15, 0.2) is 0 Å². The molecule has 0 saturated heterocycles. The molecule has 0 bridgehead atoms. The average Bonchev–Trinajstić information content (AvgIpc) is 2.43. The van der Waals surface area contributed by atoms with Gasteiger partial charge in [-0.15, -0.1) is 6.58 Å². The highest BCUT2D eigenvalue weighted by Gasteiger charge is 2.14. The Bertz CT molecular complexity index is 390. The van der Waals surface area contributed by atoms with Gasteiger partial charge in [-0.3, -0.25) is 11.3 Å². The molecule has 0 heterocycles. The fourth-order valence-electron chi connectivity index (χ4n) is 2.27. The summed E-state index contributed by atoms with van der Waals surface area (Å²) in [5, 5.41) is 0. The van der Waals surface area contributed by atoms with E-state index in [2.05, 4.69) is 31.1 Å². The zero-order valence-corrected chi connectivity index (χ0v) is 12.1. The Labute approximate surface area is 116 Å². The zero-order chi connectivity index (χ0) is 14.1. The predicted octanol–water partition coefficient (Wildman–Crippen LogP) is 3.64. The van der Waals surface area contributed by atoms with Gasteiger partial charge in [0, 0.05) is 11.6 Å². The lowest BCUT2D eigenvalue weighted by molar-refractivity contribution is 0.393. The molecule has 0 spiro atoms. The average molecular weight is 262 g/mol. The van der Waals surface area contributed by atoms with Crippen LogP contribution in [0.4, 0.5) is 0 Å². The van der Waals surface area contributed by atoms with Gasteiger partial charge >= 0.3 is 0 Å². The number of allylic oxidation sites excluding steroid dienone is 1. The van der Waals surface area contributed by atoms with E-state index >= 15 is 0 Å². The number of unbranched alkanes of at least 4 members (excludes halogenated alkanes) is 3. The van der Waals surface area contributed by atoms with Gasteiger partial charge in [-0.2, -0.15) is 0 Å². The Morgan fingerprint density at radius 3 is 2.79 bits per heavy atom. The van der Waals surface area contributed by atoms with Crippen molar-refractivity contribution in [2.24, 2.45) is 5.84 Å². The van der Waals surface area contributed by atoms with E-state index in [0.717, 1.165) is 30.6 Å². The normalized spacial score (nSPS) is 12.2. The molecule has 3 N–H and O–H groups in total. The summed E-state index contributed by atoms with van der Waals surface area (Å²) in [7, 11) is 1.70. The number of hydrazine groups is 1. The second-order valence-electron chi connectivity index (χ2n) is 4.89. The van der Waals surface area contributed by atoms with Crippen molar-refractivity contribution in [1.29, 1.82) is 0 Å². The van der Waals surface area contributed by atoms with E-state index in [1.807, 2.05) is 12.1 Å². The van der Waals surface area contributed by atoms with Crippen LogP contribution in [0.15, 0.2) is 30.9 Å². The molecule has 0 aliphatic rings. The Kier molecular flexibility index (Phi) is 7.23. The first-order chi connectivity index (χ1) is 9.22. The quantitative estimate of drug-likeness (QED) is 0.309. The molecule has 106 valence electrons. The molecule has 1 aromatic rings. The number of benzene rings is 1. The summed E-state index contributed by atoms with van der Waals surface area (Å²) in [4.78, 5) is 0. The number of methoxy groups -OCH3 is 1. The molecular weight excluding hydrogens is 236 g/mol. The molecule has 0 saturated carbocycles. The number of nitrogens with two attached hydrogens (primary N) is 1. The van der Waals surface area contributed by atoms with Gasteiger partial charge in [-0.1, -0.05) is 36.6 Å². The van der Waals surface area contributed by atoms with E-state index in [1.54, 1.807) is 7.11 Å². The van der Waals surface area contributed by atoms with Gasteiger partial charge < -0.3 is 4.74 Å². The van der Waals surface area contributed by atoms with Crippen LogP contribution < -0.4 is 16.0 Å². The van der Waals surface area contributed by atoms with E-state index in [9.17, 15) is 0 Å². The molecule has 0 aromatic heterocycles. The van der Waals surface area contributed by atoms with Crippen LogP contribution in [0.2, 0.25) is 0 Å². The molecule has 0 radical (unpaired) electrons. The van der Waals surface area contributed by atoms with Crippen molar-refractivity contribution in [3.8, 4) is 5.75 Å². The first-order valence-electron chi connectivity index (χ1n) is 6.94. The van der Waals surface area contributed by atoms with Gasteiger partial charge in [0.2, 0.25) is 0 Å². The molecule has 1 rings (SSSR count). The van der Waals surface area contributed by atoms with Gasteiger partial charge in [0.25, 0.3) is 0 Å². The topological polar surface area (TPSA) is 47.3 Å². The monoisotopic (exact) mass is 262 g/mol. The van der Waals surface area contributed by atoms with Crippen molar-refractivity contribution in [2.45, 2.75) is 45.1 Å². The molecule has 3 heteroatoms. The molecule has 3 nitrogen and oxygen atoms in total. The fourth-order valence-corrected chi connectivity index (χ4v) is 2.27. The SMILES string of the molecule is C=CCCCCCC(NN)c1cc(C)ccc1OC. The Morgan fingerprint density at radius 2 is 2.16 bits per heavy atom. The molecule has 1 unspecified atom stereocenters. The summed E-state index contributed by atoms with van der Waals surface area (Å²) in [6.07, 6.45) is 7.65. The summed E-state index contributed by atoms with van der Waals surface area (Å²) in [6, 6.07) is 6.36. The molecule has 0 fully saturated rings. The third-order valence-electron chi connectivity index (χ3n) is 3.36. The van der Waals surface area contributed by atoms with E-state index in [0.29, 0.717) is 0 Å². The van der Waals surface area contributed by atoms with Crippen molar-refractivity contribution in [1.82, 2.24) is 5.43 Å². The third-order valence-corrected chi connectivity index (χ3v) is 3.36. The lowest BCUT2D eigenvalue weighted by atomic mass is 9.98. The van der Waals surface area contributed by atoms with Crippen LogP contribution >= 0.6 is 0 Å². The highest BCUT2D eigenvalue weighted by molar-refractivity contribution is 5.39. The van der Waals surface area contributed by atoms with Crippen molar-refractivity contribution in [2.75, 3.05) is 7.11 Å². The maximum atomic E-state index is 5.70. The summed E-state index contributed by atoms with van der Waals surface area (Å²) >= 11 is 0. The Balaban J connectivity index is 2.63. The molecule has 1 atom stereocenters. The lowest BCUT2D eigenvalue weighted by Gasteiger charge is -2.19. The standard InChI is InChI=1S/C16H26N2O/c1-4-5-6-7-8-9-15(18-17)14-12-13(2)10-11-16(14)19-3/h4,10-12,15,18H,1,5-9,17H2,2-3H3. The molecular formula is C16H26N2O. The van der Waals surface area contributed by atoms with E-state index < -0.39 is 0 Å². The number of aryl methyl sites for hydroxylation is 1. The van der Waals surface area contributed by atoms with Crippen LogP contribution in [0.3, 0.4) is 0 Å². The summed E-state index contributed by atoms with van der Waals surface area (Å²) in [5.74, 6) is 6.60. The minimum Gasteiger partial charge on any atom is -0.496 e. The summed E-state index contributed by atoms with van der Waals surface area (Å²) in [5.41, 5.74) is 5.28. The van der Waals surface area contributed by atoms with Gasteiger partial charge in [-0.05, 0) is 32.3 Å². The maximum Gasteiger partial charge on any atom is 0.123 e. The van der Waals surface area contributed by atoms with Crippen molar-refractivity contribution < 1.29 is 4.74 Å². The second kappa shape index (κ2) is 8.73. The Morgan fingerprint density at radius 1 is 1.37 bits per heavy atom. The number of hydrogen-bond acceptors (Lipinski definition) is 3. The lowest BCUT2D eigenvalue weighted by Crippen LogP contribution is -2.28. The van der Waals surface area contributed by atoms with Crippen LogP contribution in [0, 0.1) is 6.92 Å². The first kappa shape index (κ1) is 15.7. The smallest absolute Gasteiger partial charge is 0.123 e. The van der Waals surface area contributed by atoms with Crippen LogP contribution in [-0.2, 0) is 0 Å². The van der Waals surface area contributed by atoms with Crippen molar-refractivity contribution in [3.63, 3.8) is 0 Å². The Hall–Kier alpha value is -1.32. The number of hydrogen-bond donors (Lipinski definition) is 2. The second-order valence-corrected chi connectivity index (χ2v) is 4.89. The van der Waals surface area contributed by atoms with Crippen LogP contribution in [0.25, 0.3) is 0 Å². The van der Waals surface area contributed by atoms with Gasteiger partial charge in [0.05, 0.1) is 7.11 Å². The first-order valence-corrected chi connectivity index (χ1v) is 6.94. The summed E-state index contributed by atoms with van der Waals surface area (Å²) < 4.78 is 5.42. The zero-order valence-electron chi connectivity index (χ0n) is 12.1. The third kappa shape index (κ3) is 5.05. The largest absolute Gasteiger partial charge is 0.496 e. The number of ether oxygens (including phenoxy) is 1. The molecule has 1 aromatic carbocycles. The van der Waals surface area contributed by atoms with Gasteiger partial charge in [-0.25, -0.2) is 0 Å². The van der Waals surface area contributed by atoms with E-state index in [1.165, 1.54) is 18.4 Å². The molecule has 19 heavy (non-hydrogen) atoms. The maximum absolute atomic E-state index is 5.70. The fraction of sp³-hybridized carbons (Fsp3) is 0.500. The number of rotatable bonds is 9. The van der Waals surface area contributed by atoms with E-state index in [-0.39, 0.29) is 6.04 Å². The van der Waals surface area contributed by atoms with Crippen molar-refractivity contribution >= 4 is 0 Å². The molecule has 0 amide bonds. The molecule has 0 aliphatic carbocycles. The van der Waals surface area contributed by atoms with Crippen LogP contribution in [0.1, 0.15) is 49.3 Å². The van der Waals surface area contributed by atoms with Crippen LogP contribution in [-0.4, -0.2) is 7.11 Å². The van der Waals surface area contributed by atoms with Crippen molar-refractivity contribution in [3.05, 3.63) is 42.0 Å². The molecule has 0 aliphatic heterocycles. The predicted molar refractivity (Wildman–Crippen MR) is 81.1 cm³/mol. The minimum atomic E-state index is 0.151.